The second-order valence-electron chi connectivity index (χ2n) is 4.68. The number of rotatable bonds is 7. The van der Waals surface area contributed by atoms with Gasteiger partial charge in [0.2, 0.25) is 5.91 Å². The van der Waals surface area contributed by atoms with Crippen molar-refractivity contribution in [1.82, 2.24) is 5.32 Å². The number of hydrogen-bond donors (Lipinski definition) is 2. The molecule has 0 spiro atoms. The predicted octanol–water partition coefficient (Wildman–Crippen LogP) is 1.82. The Labute approximate surface area is 114 Å². The molecule has 0 saturated heterocycles. The maximum absolute atomic E-state index is 12.0. The van der Waals surface area contributed by atoms with E-state index in [2.05, 4.69) is 5.32 Å². The smallest absolute Gasteiger partial charge is 0.224 e. The van der Waals surface area contributed by atoms with Crippen LogP contribution in [0.3, 0.4) is 0 Å². The van der Waals surface area contributed by atoms with E-state index in [0.29, 0.717) is 12.8 Å². The maximum atomic E-state index is 12.0. The Bertz CT molecular complexity index is 418. The molecule has 0 aliphatic rings. The second-order valence-corrected chi connectivity index (χ2v) is 4.68. The van der Waals surface area contributed by atoms with E-state index in [9.17, 15) is 4.79 Å². The summed E-state index contributed by atoms with van der Waals surface area (Å²) < 4.78 is 5.26. The van der Waals surface area contributed by atoms with Gasteiger partial charge in [-0.2, -0.15) is 0 Å². The van der Waals surface area contributed by atoms with Crippen LogP contribution in [0.1, 0.15) is 30.9 Å². The third-order valence-corrected chi connectivity index (χ3v) is 3.12. The zero-order valence-corrected chi connectivity index (χ0v) is 11.9. The fraction of sp³-hybridized carbons (Fsp3) is 0.533. The van der Waals surface area contributed by atoms with E-state index in [0.717, 1.165) is 23.3 Å². The van der Waals surface area contributed by atoms with Crippen LogP contribution in [0.15, 0.2) is 18.2 Å². The number of amides is 1. The van der Waals surface area contributed by atoms with Crippen molar-refractivity contribution in [2.75, 3.05) is 13.7 Å². The van der Waals surface area contributed by atoms with E-state index in [1.807, 2.05) is 32.0 Å². The van der Waals surface area contributed by atoms with Crippen LogP contribution in [0, 0.1) is 6.92 Å². The number of methoxy groups -OCH3 is 1. The van der Waals surface area contributed by atoms with Crippen molar-refractivity contribution in [2.45, 2.75) is 39.2 Å². The molecule has 0 bridgehead atoms. The summed E-state index contributed by atoms with van der Waals surface area (Å²) in [5.74, 6) is 0.695. The molecule has 0 radical (unpaired) electrons. The number of nitrogens with one attached hydrogen (secondary N) is 1. The van der Waals surface area contributed by atoms with Gasteiger partial charge in [0.15, 0.2) is 0 Å². The largest absolute Gasteiger partial charge is 0.496 e. The molecule has 0 aliphatic carbocycles. The monoisotopic (exact) mass is 265 g/mol. The highest BCUT2D eigenvalue weighted by Crippen LogP contribution is 2.20. The van der Waals surface area contributed by atoms with Gasteiger partial charge in [0, 0.05) is 18.2 Å². The molecule has 4 nitrogen and oxygen atoms in total. The van der Waals surface area contributed by atoms with E-state index >= 15 is 0 Å². The summed E-state index contributed by atoms with van der Waals surface area (Å²) in [6, 6.07) is 5.84. The molecule has 0 fully saturated rings. The standard InChI is InChI=1S/C15H23NO3/c1-4-13(7-8-17)16-15(18)10-12-9-11(2)5-6-14(12)19-3/h5-6,9,13,17H,4,7-8,10H2,1-3H3,(H,16,18). The number of benzene rings is 1. The van der Waals surface area contributed by atoms with Crippen LogP contribution in [0.4, 0.5) is 0 Å². The van der Waals surface area contributed by atoms with E-state index in [-0.39, 0.29) is 18.6 Å². The number of aryl methyl sites for hydroxylation is 1. The molecule has 1 rings (SSSR count). The van der Waals surface area contributed by atoms with Gasteiger partial charge in [-0.1, -0.05) is 24.6 Å². The van der Waals surface area contributed by atoms with Gasteiger partial charge < -0.3 is 15.2 Å². The molecular formula is C15H23NO3. The third kappa shape index (κ3) is 4.91. The minimum absolute atomic E-state index is 0.0355. The van der Waals surface area contributed by atoms with Crippen molar-refractivity contribution in [1.29, 1.82) is 0 Å². The van der Waals surface area contributed by atoms with Crippen LogP contribution in [0.5, 0.6) is 5.75 Å². The number of ether oxygens (including phenoxy) is 1. The van der Waals surface area contributed by atoms with Gasteiger partial charge in [0.25, 0.3) is 0 Å². The minimum atomic E-state index is -0.0378. The van der Waals surface area contributed by atoms with Gasteiger partial charge in [-0.25, -0.2) is 0 Å². The molecule has 1 unspecified atom stereocenters. The molecule has 1 aromatic rings. The van der Waals surface area contributed by atoms with Crippen molar-refractivity contribution in [3.05, 3.63) is 29.3 Å². The fourth-order valence-corrected chi connectivity index (χ4v) is 2.03. The van der Waals surface area contributed by atoms with Crippen LogP contribution in [0.25, 0.3) is 0 Å². The Balaban J connectivity index is 2.68. The summed E-state index contributed by atoms with van der Waals surface area (Å²) in [5, 5.41) is 11.9. The molecule has 1 aromatic carbocycles. The summed E-state index contributed by atoms with van der Waals surface area (Å²) in [7, 11) is 1.60. The first kappa shape index (κ1) is 15.5. The van der Waals surface area contributed by atoms with Crippen LogP contribution >= 0.6 is 0 Å². The number of aliphatic hydroxyl groups is 1. The number of aliphatic hydroxyl groups excluding tert-OH is 1. The van der Waals surface area contributed by atoms with Gasteiger partial charge in [0.05, 0.1) is 13.5 Å². The molecule has 0 saturated carbocycles. The lowest BCUT2D eigenvalue weighted by atomic mass is 10.1. The summed E-state index contributed by atoms with van der Waals surface area (Å²) in [6.45, 7) is 4.07. The van der Waals surface area contributed by atoms with Crippen LogP contribution in [-0.2, 0) is 11.2 Å². The molecule has 4 heteroatoms. The average molecular weight is 265 g/mol. The Kier molecular flexibility index (Phi) is 6.36. The van der Waals surface area contributed by atoms with Crippen molar-refractivity contribution in [3.8, 4) is 5.75 Å². The molecule has 106 valence electrons. The minimum Gasteiger partial charge on any atom is -0.496 e. The Hall–Kier alpha value is -1.55. The zero-order chi connectivity index (χ0) is 14.3. The van der Waals surface area contributed by atoms with E-state index in [4.69, 9.17) is 9.84 Å². The molecule has 19 heavy (non-hydrogen) atoms. The Morgan fingerprint density at radius 2 is 2.21 bits per heavy atom. The summed E-state index contributed by atoms with van der Waals surface area (Å²) in [6.07, 6.45) is 1.71. The van der Waals surface area contributed by atoms with Crippen molar-refractivity contribution in [2.24, 2.45) is 0 Å². The summed E-state index contributed by atoms with van der Waals surface area (Å²) in [5.41, 5.74) is 1.99. The van der Waals surface area contributed by atoms with Crippen LogP contribution in [0.2, 0.25) is 0 Å². The topological polar surface area (TPSA) is 58.6 Å². The number of carbonyl (C=O) groups is 1. The van der Waals surface area contributed by atoms with E-state index in [1.165, 1.54) is 0 Å². The molecule has 0 aliphatic heterocycles. The van der Waals surface area contributed by atoms with Crippen molar-refractivity contribution >= 4 is 5.91 Å². The van der Waals surface area contributed by atoms with E-state index in [1.54, 1.807) is 7.11 Å². The SMILES string of the molecule is CCC(CCO)NC(=O)Cc1cc(C)ccc1OC. The highest BCUT2D eigenvalue weighted by atomic mass is 16.5. The van der Waals surface area contributed by atoms with Gasteiger partial charge in [0.1, 0.15) is 5.75 Å². The lowest BCUT2D eigenvalue weighted by Gasteiger charge is -2.16. The van der Waals surface area contributed by atoms with Crippen molar-refractivity contribution in [3.63, 3.8) is 0 Å². The second kappa shape index (κ2) is 7.79. The summed E-state index contributed by atoms with van der Waals surface area (Å²) in [4.78, 5) is 12.0. The highest BCUT2D eigenvalue weighted by molar-refractivity contribution is 5.79. The quantitative estimate of drug-likeness (QED) is 0.790. The number of hydrogen-bond acceptors (Lipinski definition) is 3. The van der Waals surface area contributed by atoms with Crippen molar-refractivity contribution < 1.29 is 14.6 Å². The van der Waals surface area contributed by atoms with Gasteiger partial charge in [-0.3, -0.25) is 4.79 Å². The fourth-order valence-electron chi connectivity index (χ4n) is 2.03. The first-order valence-corrected chi connectivity index (χ1v) is 6.64. The Morgan fingerprint density at radius 1 is 1.47 bits per heavy atom. The van der Waals surface area contributed by atoms with Gasteiger partial charge in [-0.15, -0.1) is 0 Å². The molecule has 1 atom stereocenters. The lowest BCUT2D eigenvalue weighted by molar-refractivity contribution is -0.121. The lowest BCUT2D eigenvalue weighted by Crippen LogP contribution is -2.36. The van der Waals surface area contributed by atoms with Gasteiger partial charge >= 0.3 is 0 Å². The zero-order valence-electron chi connectivity index (χ0n) is 11.9. The van der Waals surface area contributed by atoms with Crippen LogP contribution < -0.4 is 10.1 Å². The number of carbonyl (C=O) groups excluding carboxylic acids is 1. The predicted molar refractivity (Wildman–Crippen MR) is 75.4 cm³/mol. The first-order chi connectivity index (χ1) is 9.10. The molecule has 1 amide bonds. The highest BCUT2D eigenvalue weighted by Gasteiger charge is 2.13. The van der Waals surface area contributed by atoms with E-state index < -0.39 is 0 Å². The first-order valence-electron chi connectivity index (χ1n) is 6.64. The average Bonchev–Trinajstić information content (AvgIpc) is 2.38. The maximum Gasteiger partial charge on any atom is 0.224 e. The molecule has 2 N–H and O–H groups in total. The summed E-state index contributed by atoms with van der Waals surface area (Å²) >= 11 is 0. The normalized spacial score (nSPS) is 12.0. The molecule has 0 aromatic heterocycles. The third-order valence-electron chi connectivity index (χ3n) is 3.12. The van der Waals surface area contributed by atoms with Gasteiger partial charge in [-0.05, 0) is 25.8 Å². The molecular weight excluding hydrogens is 242 g/mol. The molecule has 0 heterocycles. The van der Waals surface area contributed by atoms with Crippen LogP contribution in [-0.4, -0.2) is 30.8 Å². The Morgan fingerprint density at radius 3 is 2.79 bits per heavy atom.